The zero-order chi connectivity index (χ0) is 24.0. The number of nitrogens with one attached hydrogen (secondary N) is 1. The van der Waals surface area contributed by atoms with E-state index >= 15 is 0 Å². The van der Waals surface area contributed by atoms with Crippen molar-refractivity contribution in [2.75, 3.05) is 12.4 Å². The van der Waals surface area contributed by atoms with Crippen LogP contribution in [0.15, 0.2) is 77.2 Å². The first-order valence-electron chi connectivity index (χ1n) is 9.30. The van der Waals surface area contributed by atoms with E-state index in [0.29, 0.717) is 5.56 Å². The summed E-state index contributed by atoms with van der Waals surface area (Å²) in [6.07, 6.45) is 1.27. The molecule has 3 aromatic rings. The Kier molecular flexibility index (Phi) is 7.61. The minimum Gasteiger partial charge on any atom is -0.493 e. The van der Waals surface area contributed by atoms with Crippen molar-refractivity contribution in [1.82, 2.24) is 0 Å². The van der Waals surface area contributed by atoms with Crippen LogP contribution in [-0.2, 0) is 14.9 Å². The van der Waals surface area contributed by atoms with E-state index in [0.717, 1.165) is 0 Å². The van der Waals surface area contributed by atoms with Crippen LogP contribution in [-0.4, -0.2) is 21.4 Å². The number of nitrogens with zero attached hydrogens (tertiary/aromatic N) is 1. The topological polar surface area (TPSA) is 105 Å². The Labute approximate surface area is 200 Å². The Morgan fingerprint density at radius 3 is 2.42 bits per heavy atom. The molecule has 7 nitrogen and oxygen atoms in total. The molecule has 0 radical (unpaired) electrons. The molecule has 3 rings (SSSR count). The number of nitriles is 1. The van der Waals surface area contributed by atoms with Gasteiger partial charge in [-0.25, -0.2) is 0 Å². The Morgan fingerprint density at radius 2 is 1.76 bits per heavy atom. The highest BCUT2D eigenvalue weighted by atomic mass is 35.5. The van der Waals surface area contributed by atoms with Crippen molar-refractivity contribution in [2.45, 2.75) is 4.90 Å². The van der Waals surface area contributed by atoms with Gasteiger partial charge in [0.15, 0.2) is 11.5 Å². The summed E-state index contributed by atoms with van der Waals surface area (Å²) < 4.78 is 35.6. The van der Waals surface area contributed by atoms with Gasteiger partial charge in [-0.05, 0) is 48.0 Å². The van der Waals surface area contributed by atoms with Gasteiger partial charge in [-0.15, -0.1) is 0 Å². The molecule has 0 spiro atoms. The third-order valence-corrected chi connectivity index (χ3v) is 6.36. The smallest absolute Gasteiger partial charge is 0.339 e. The molecule has 0 saturated heterocycles. The fourth-order valence-electron chi connectivity index (χ4n) is 2.71. The van der Waals surface area contributed by atoms with Crippen LogP contribution in [0.5, 0.6) is 11.5 Å². The molecule has 0 bridgehead atoms. The third kappa shape index (κ3) is 5.84. The predicted octanol–water partition coefficient (Wildman–Crippen LogP) is 5.32. The van der Waals surface area contributed by atoms with E-state index in [-0.39, 0.29) is 37.7 Å². The number of anilines is 1. The number of methoxy groups -OCH3 is 1. The molecule has 0 unspecified atom stereocenters. The zero-order valence-electron chi connectivity index (χ0n) is 17.1. The maximum absolute atomic E-state index is 12.6. The van der Waals surface area contributed by atoms with E-state index in [9.17, 15) is 18.5 Å². The van der Waals surface area contributed by atoms with Crippen LogP contribution >= 0.6 is 23.2 Å². The summed E-state index contributed by atoms with van der Waals surface area (Å²) in [5.74, 6) is -0.678. The summed E-state index contributed by atoms with van der Waals surface area (Å²) in [5.41, 5.74) is 0.314. The summed E-state index contributed by atoms with van der Waals surface area (Å²) in [7, 11) is -2.78. The number of hydrogen-bond acceptors (Lipinski definition) is 6. The van der Waals surface area contributed by atoms with Crippen LogP contribution in [0.2, 0.25) is 10.0 Å². The van der Waals surface area contributed by atoms with Crippen molar-refractivity contribution in [3.05, 3.63) is 87.9 Å². The second kappa shape index (κ2) is 10.4. The molecule has 0 aromatic heterocycles. The average Bonchev–Trinajstić information content (AvgIpc) is 2.81. The molecule has 3 aromatic carbocycles. The van der Waals surface area contributed by atoms with Crippen LogP contribution in [0, 0.1) is 11.3 Å². The molecule has 0 atom stereocenters. The van der Waals surface area contributed by atoms with Gasteiger partial charge in [-0.1, -0.05) is 53.5 Å². The van der Waals surface area contributed by atoms with Gasteiger partial charge in [0.05, 0.1) is 22.8 Å². The minimum atomic E-state index is -4.13. The Morgan fingerprint density at radius 1 is 1.03 bits per heavy atom. The van der Waals surface area contributed by atoms with Gasteiger partial charge in [-0.2, -0.15) is 13.7 Å². The highest BCUT2D eigenvalue weighted by molar-refractivity contribution is 7.87. The minimum absolute atomic E-state index is 0.0384. The first kappa shape index (κ1) is 24.1. The summed E-state index contributed by atoms with van der Waals surface area (Å²) in [6, 6.07) is 18.4. The van der Waals surface area contributed by atoms with Gasteiger partial charge >= 0.3 is 10.1 Å². The molecule has 0 aliphatic rings. The quantitative estimate of drug-likeness (QED) is 0.266. The lowest BCUT2D eigenvalue weighted by molar-refractivity contribution is -0.112. The van der Waals surface area contributed by atoms with Crippen LogP contribution in [0.4, 0.5) is 5.69 Å². The van der Waals surface area contributed by atoms with Gasteiger partial charge in [0.1, 0.15) is 16.5 Å². The van der Waals surface area contributed by atoms with Crippen LogP contribution in [0.25, 0.3) is 6.08 Å². The van der Waals surface area contributed by atoms with E-state index in [1.807, 2.05) is 6.07 Å². The van der Waals surface area contributed by atoms with Crippen molar-refractivity contribution in [1.29, 1.82) is 5.26 Å². The van der Waals surface area contributed by atoms with Crippen LogP contribution in [0.1, 0.15) is 5.56 Å². The number of amides is 1. The summed E-state index contributed by atoms with van der Waals surface area (Å²) >= 11 is 12.0. The normalized spacial score (nSPS) is 11.4. The summed E-state index contributed by atoms with van der Waals surface area (Å²) in [5, 5.41) is 12.4. The zero-order valence-corrected chi connectivity index (χ0v) is 19.4. The van der Waals surface area contributed by atoms with Gasteiger partial charge in [0.25, 0.3) is 5.91 Å². The third-order valence-electron chi connectivity index (χ3n) is 4.29. The van der Waals surface area contributed by atoms with E-state index in [2.05, 4.69) is 5.32 Å². The fraction of sp³-hybridized carbons (Fsp3) is 0.0435. The van der Waals surface area contributed by atoms with Crippen molar-refractivity contribution < 1.29 is 22.1 Å². The maximum Gasteiger partial charge on any atom is 0.339 e. The molecule has 0 aliphatic carbocycles. The van der Waals surface area contributed by atoms with Crippen molar-refractivity contribution in [3.8, 4) is 17.6 Å². The highest BCUT2D eigenvalue weighted by Gasteiger charge is 2.19. The number of carbonyl (C=O) groups excluding carboxylic acids is 1. The van der Waals surface area contributed by atoms with E-state index < -0.39 is 16.0 Å². The largest absolute Gasteiger partial charge is 0.493 e. The molecule has 33 heavy (non-hydrogen) atoms. The van der Waals surface area contributed by atoms with Crippen LogP contribution in [0.3, 0.4) is 0 Å². The Bertz CT molecular complexity index is 1370. The SMILES string of the molecule is COc1ccc(/C=C(\C#N)C(=O)Nc2cccc(Cl)c2Cl)cc1OS(=O)(=O)c1ccccc1. The van der Waals surface area contributed by atoms with Crippen molar-refractivity contribution in [3.63, 3.8) is 0 Å². The lowest BCUT2D eigenvalue weighted by atomic mass is 10.1. The lowest BCUT2D eigenvalue weighted by Crippen LogP contribution is -2.14. The number of ether oxygens (including phenoxy) is 1. The average molecular weight is 503 g/mol. The fourth-order valence-corrected chi connectivity index (χ4v) is 4.01. The molecule has 10 heteroatoms. The number of hydrogen-bond donors (Lipinski definition) is 1. The highest BCUT2D eigenvalue weighted by Crippen LogP contribution is 2.32. The van der Waals surface area contributed by atoms with E-state index in [1.54, 1.807) is 30.3 Å². The first-order chi connectivity index (χ1) is 15.7. The number of halogens is 2. The maximum atomic E-state index is 12.6. The van der Waals surface area contributed by atoms with Gasteiger partial charge in [0.2, 0.25) is 0 Å². The number of rotatable bonds is 7. The predicted molar refractivity (Wildman–Crippen MR) is 126 cm³/mol. The number of benzene rings is 3. The summed E-state index contributed by atoms with van der Waals surface area (Å²) in [4.78, 5) is 12.5. The molecule has 0 saturated carbocycles. The molecule has 0 fully saturated rings. The van der Waals surface area contributed by atoms with Crippen molar-refractivity contribution >= 4 is 51.0 Å². The second-order valence-electron chi connectivity index (χ2n) is 6.49. The summed E-state index contributed by atoms with van der Waals surface area (Å²) in [6.45, 7) is 0. The van der Waals surface area contributed by atoms with E-state index in [4.69, 9.17) is 32.1 Å². The monoisotopic (exact) mass is 502 g/mol. The Hall–Kier alpha value is -3.51. The Balaban J connectivity index is 1.91. The number of carbonyl (C=O) groups is 1. The lowest BCUT2D eigenvalue weighted by Gasteiger charge is -2.12. The molecule has 0 heterocycles. The van der Waals surface area contributed by atoms with Gasteiger partial charge in [0, 0.05) is 0 Å². The molecule has 1 amide bonds. The first-order valence-corrected chi connectivity index (χ1v) is 11.5. The molecular weight excluding hydrogens is 487 g/mol. The second-order valence-corrected chi connectivity index (χ2v) is 8.82. The molecule has 1 N–H and O–H groups in total. The standard InChI is InChI=1S/C23H16Cl2N2O5S/c1-31-20-11-10-15(13-21(20)32-33(29,30)17-6-3-2-4-7-17)12-16(14-26)23(28)27-19-9-5-8-18(24)22(19)25/h2-13H,1H3,(H,27,28)/b16-12+. The van der Waals surface area contributed by atoms with Gasteiger partial charge < -0.3 is 14.2 Å². The van der Waals surface area contributed by atoms with Crippen LogP contribution < -0.4 is 14.2 Å². The molecule has 0 aliphatic heterocycles. The molecule has 168 valence electrons. The molecular formula is C23H16Cl2N2O5S. The van der Waals surface area contributed by atoms with Gasteiger partial charge in [-0.3, -0.25) is 4.79 Å². The van der Waals surface area contributed by atoms with E-state index in [1.165, 1.54) is 49.6 Å². The van der Waals surface area contributed by atoms with Crippen molar-refractivity contribution in [2.24, 2.45) is 0 Å².